The zero-order chi connectivity index (χ0) is 17.2. The zero-order valence-corrected chi connectivity index (χ0v) is 13.8. The molecule has 0 heterocycles. The number of halogens is 3. The molecule has 3 nitrogen and oxygen atoms in total. The van der Waals surface area contributed by atoms with Crippen molar-refractivity contribution < 1.29 is 27.4 Å². The molecule has 0 unspecified atom stereocenters. The van der Waals surface area contributed by atoms with Gasteiger partial charge in [0.05, 0.1) is 12.7 Å². The lowest BCUT2D eigenvalue weighted by Crippen LogP contribution is -2.25. The molecule has 0 atom stereocenters. The molecule has 2 aliphatic carbocycles. The second kappa shape index (κ2) is 7.11. The highest BCUT2D eigenvalue weighted by molar-refractivity contribution is 5.53. The molecule has 0 saturated heterocycles. The van der Waals surface area contributed by atoms with Crippen LogP contribution in [0.2, 0.25) is 0 Å². The summed E-state index contributed by atoms with van der Waals surface area (Å²) in [6.07, 6.45) is 2.77. The van der Waals surface area contributed by atoms with Gasteiger partial charge in [0.15, 0.2) is 11.5 Å². The summed E-state index contributed by atoms with van der Waals surface area (Å²) in [7, 11) is 0. The van der Waals surface area contributed by atoms with E-state index in [0.717, 1.165) is 25.7 Å². The molecule has 3 rings (SSSR count). The van der Waals surface area contributed by atoms with Gasteiger partial charge in [-0.15, -0.1) is 13.2 Å². The second-order valence-corrected chi connectivity index (χ2v) is 6.67. The minimum atomic E-state index is -4.76. The Morgan fingerprint density at radius 3 is 2.25 bits per heavy atom. The third kappa shape index (κ3) is 4.28. The SMILES string of the molecule is Cc1c(OC2CCC2)ccc(OCCC2CCC2)c1OC(F)(F)F. The van der Waals surface area contributed by atoms with Gasteiger partial charge < -0.3 is 14.2 Å². The van der Waals surface area contributed by atoms with Gasteiger partial charge in [0.25, 0.3) is 0 Å². The lowest BCUT2D eigenvalue weighted by molar-refractivity contribution is -0.275. The molecule has 2 saturated carbocycles. The Balaban J connectivity index is 1.72. The highest BCUT2D eigenvalue weighted by Crippen LogP contribution is 2.41. The lowest BCUT2D eigenvalue weighted by atomic mass is 9.83. The van der Waals surface area contributed by atoms with Gasteiger partial charge in [-0.1, -0.05) is 19.3 Å². The summed E-state index contributed by atoms with van der Waals surface area (Å²) in [4.78, 5) is 0. The fraction of sp³-hybridized carbons (Fsp3) is 0.667. The molecule has 1 aromatic carbocycles. The molecule has 134 valence electrons. The fourth-order valence-corrected chi connectivity index (χ4v) is 2.92. The van der Waals surface area contributed by atoms with Crippen LogP contribution in [0.4, 0.5) is 13.2 Å². The van der Waals surface area contributed by atoms with E-state index in [9.17, 15) is 13.2 Å². The third-order valence-corrected chi connectivity index (χ3v) is 4.89. The average molecular weight is 344 g/mol. The first-order valence-electron chi connectivity index (χ1n) is 8.61. The second-order valence-electron chi connectivity index (χ2n) is 6.67. The van der Waals surface area contributed by atoms with E-state index in [-0.39, 0.29) is 17.6 Å². The fourth-order valence-electron chi connectivity index (χ4n) is 2.92. The van der Waals surface area contributed by atoms with E-state index in [2.05, 4.69) is 4.74 Å². The van der Waals surface area contributed by atoms with Gasteiger partial charge in [-0.05, 0) is 50.7 Å². The molecule has 2 aliphatic rings. The van der Waals surface area contributed by atoms with E-state index < -0.39 is 6.36 Å². The summed E-state index contributed by atoms with van der Waals surface area (Å²) in [5.74, 6) is 0.919. The number of hydrogen-bond donors (Lipinski definition) is 0. The van der Waals surface area contributed by atoms with Crippen molar-refractivity contribution in [2.45, 2.75) is 64.3 Å². The maximum Gasteiger partial charge on any atom is 0.573 e. The van der Waals surface area contributed by atoms with Gasteiger partial charge in [0, 0.05) is 5.56 Å². The molecule has 0 radical (unpaired) electrons. The van der Waals surface area contributed by atoms with Gasteiger partial charge in [0.1, 0.15) is 5.75 Å². The molecule has 0 N–H and O–H groups in total. The number of hydrogen-bond acceptors (Lipinski definition) is 3. The van der Waals surface area contributed by atoms with Crippen LogP contribution in [0.1, 0.15) is 50.5 Å². The average Bonchev–Trinajstić information content (AvgIpc) is 2.40. The molecule has 24 heavy (non-hydrogen) atoms. The van der Waals surface area contributed by atoms with E-state index in [0.29, 0.717) is 23.8 Å². The van der Waals surface area contributed by atoms with Crippen LogP contribution in [0, 0.1) is 12.8 Å². The first-order chi connectivity index (χ1) is 11.4. The molecule has 0 spiro atoms. The monoisotopic (exact) mass is 344 g/mol. The molecular formula is C18H23F3O3. The summed E-state index contributed by atoms with van der Waals surface area (Å²) >= 11 is 0. The minimum absolute atomic E-state index is 0.0906. The maximum absolute atomic E-state index is 12.8. The number of alkyl halides is 3. The van der Waals surface area contributed by atoms with Gasteiger partial charge >= 0.3 is 6.36 Å². The van der Waals surface area contributed by atoms with E-state index in [1.807, 2.05) is 0 Å². The van der Waals surface area contributed by atoms with Crippen molar-refractivity contribution in [3.05, 3.63) is 17.7 Å². The Morgan fingerprint density at radius 1 is 1.04 bits per heavy atom. The van der Waals surface area contributed by atoms with Crippen LogP contribution >= 0.6 is 0 Å². The van der Waals surface area contributed by atoms with Crippen LogP contribution in [0.3, 0.4) is 0 Å². The van der Waals surface area contributed by atoms with E-state index in [1.165, 1.54) is 25.3 Å². The minimum Gasteiger partial charge on any atom is -0.490 e. The summed E-state index contributed by atoms with van der Waals surface area (Å²) in [5, 5.41) is 0. The summed E-state index contributed by atoms with van der Waals surface area (Å²) < 4.78 is 53.9. The van der Waals surface area contributed by atoms with Crippen molar-refractivity contribution in [1.29, 1.82) is 0 Å². The molecule has 2 fully saturated rings. The first kappa shape index (κ1) is 17.2. The standard InChI is InChI=1S/C18H23F3O3/c1-12-15(23-14-6-3-7-14)8-9-16(17(12)24-18(19,20)21)22-11-10-13-4-2-5-13/h8-9,13-14H,2-7,10-11H2,1H3. The largest absolute Gasteiger partial charge is 0.573 e. The van der Waals surface area contributed by atoms with Crippen LogP contribution in [-0.2, 0) is 0 Å². The number of benzene rings is 1. The van der Waals surface area contributed by atoms with Gasteiger partial charge in [-0.25, -0.2) is 0 Å². The van der Waals surface area contributed by atoms with Crippen LogP contribution in [-0.4, -0.2) is 19.1 Å². The Morgan fingerprint density at radius 2 is 1.71 bits per heavy atom. The van der Waals surface area contributed by atoms with Crippen LogP contribution < -0.4 is 14.2 Å². The number of ether oxygens (including phenoxy) is 3. The van der Waals surface area contributed by atoms with Gasteiger partial charge in [0.2, 0.25) is 0 Å². The van der Waals surface area contributed by atoms with Crippen molar-refractivity contribution in [1.82, 2.24) is 0 Å². The van der Waals surface area contributed by atoms with E-state index in [1.54, 1.807) is 13.0 Å². The molecule has 1 aromatic rings. The van der Waals surface area contributed by atoms with Crippen LogP contribution in [0.25, 0.3) is 0 Å². The summed E-state index contributed by atoms with van der Waals surface area (Å²) in [5.41, 5.74) is 0.334. The molecule has 0 amide bonds. The third-order valence-electron chi connectivity index (χ3n) is 4.89. The Bertz CT molecular complexity index is 563. The summed E-state index contributed by atoms with van der Waals surface area (Å²) in [6.45, 7) is 1.98. The highest BCUT2D eigenvalue weighted by atomic mass is 19.4. The normalized spacial score (nSPS) is 18.7. The van der Waals surface area contributed by atoms with Crippen molar-refractivity contribution >= 4 is 0 Å². The number of rotatable bonds is 7. The molecule has 6 heteroatoms. The zero-order valence-electron chi connectivity index (χ0n) is 13.8. The van der Waals surface area contributed by atoms with Crippen molar-refractivity contribution in [3.63, 3.8) is 0 Å². The van der Waals surface area contributed by atoms with Crippen LogP contribution in [0.5, 0.6) is 17.2 Å². The molecule has 0 bridgehead atoms. The first-order valence-corrected chi connectivity index (χ1v) is 8.61. The quantitative estimate of drug-likeness (QED) is 0.663. The van der Waals surface area contributed by atoms with Crippen LogP contribution in [0.15, 0.2) is 12.1 Å². The van der Waals surface area contributed by atoms with E-state index >= 15 is 0 Å². The topological polar surface area (TPSA) is 27.7 Å². The highest BCUT2D eigenvalue weighted by Gasteiger charge is 2.34. The van der Waals surface area contributed by atoms with Crippen molar-refractivity contribution in [2.75, 3.05) is 6.61 Å². The lowest BCUT2D eigenvalue weighted by Gasteiger charge is -2.28. The van der Waals surface area contributed by atoms with Gasteiger partial charge in [-0.2, -0.15) is 0 Å². The van der Waals surface area contributed by atoms with E-state index in [4.69, 9.17) is 9.47 Å². The van der Waals surface area contributed by atoms with Crippen molar-refractivity contribution in [2.24, 2.45) is 5.92 Å². The predicted molar refractivity (Wildman–Crippen MR) is 83.6 cm³/mol. The molecule has 0 aliphatic heterocycles. The maximum atomic E-state index is 12.8. The predicted octanol–water partition coefficient (Wildman–Crippen LogP) is 5.39. The molecular weight excluding hydrogens is 321 g/mol. The van der Waals surface area contributed by atoms with Gasteiger partial charge in [-0.3, -0.25) is 0 Å². The Hall–Kier alpha value is -1.59. The summed E-state index contributed by atoms with van der Waals surface area (Å²) in [6, 6.07) is 3.19. The smallest absolute Gasteiger partial charge is 0.490 e. The Kier molecular flexibility index (Phi) is 5.11. The molecule has 0 aromatic heterocycles. The van der Waals surface area contributed by atoms with Crippen molar-refractivity contribution in [3.8, 4) is 17.2 Å². The Labute approximate surface area is 140 Å².